The van der Waals surface area contributed by atoms with E-state index >= 15 is 0 Å². The quantitative estimate of drug-likeness (QED) is 0.638. The molecule has 2 aromatic heterocycles. The molecule has 0 bridgehead atoms. The van der Waals surface area contributed by atoms with E-state index in [9.17, 15) is 4.79 Å². The molecule has 1 fully saturated rings. The Bertz CT molecular complexity index is 879. The van der Waals surface area contributed by atoms with Gasteiger partial charge in [-0.2, -0.15) is 0 Å². The van der Waals surface area contributed by atoms with Crippen LogP contribution in [0.15, 0.2) is 50.4 Å². The second-order valence-electron chi connectivity index (χ2n) is 6.23. The molecule has 3 heterocycles. The molecule has 1 saturated heterocycles. The van der Waals surface area contributed by atoms with Crippen molar-refractivity contribution in [2.24, 2.45) is 0 Å². The Balaban J connectivity index is 0.00000196. The number of halogens is 1. The van der Waals surface area contributed by atoms with Gasteiger partial charge in [0, 0.05) is 42.4 Å². The summed E-state index contributed by atoms with van der Waals surface area (Å²) in [5, 5.41) is 6.49. The molecule has 26 heavy (non-hydrogen) atoms. The molecule has 0 spiro atoms. The van der Waals surface area contributed by atoms with E-state index in [1.807, 2.05) is 29.2 Å². The van der Waals surface area contributed by atoms with Crippen LogP contribution in [0.1, 0.15) is 23.0 Å². The Morgan fingerprint density at radius 2 is 2.19 bits per heavy atom. The van der Waals surface area contributed by atoms with Gasteiger partial charge in [-0.25, -0.2) is 0 Å². The van der Waals surface area contributed by atoms with Gasteiger partial charge in [-0.15, -0.1) is 35.5 Å². The maximum Gasteiger partial charge on any atom is 0.290 e. The van der Waals surface area contributed by atoms with Crippen LogP contribution in [0, 0.1) is 0 Å². The fourth-order valence-corrected chi connectivity index (χ4v) is 4.98. The Morgan fingerprint density at radius 3 is 2.96 bits per heavy atom. The van der Waals surface area contributed by atoms with E-state index < -0.39 is 0 Å². The molecule has 1 aliphatic heterocycles. The van der Waals surface area contributed by atoms with Gasteiger partial charge < -0.3 is 14.6 Å². The lowest BCUT2D eigenvalue weighted by molar-refractivity contribution is 0.0678. The van der Waals surface area contributed by atoms with E-state index in [2.05, 4.69) is 29.8 Å². The topological polar surface area (TPSA) is 45.5 Å². The number of fused-ring (bicyclic) bond motifs is 1. The number of benzene rings is 1. The molecule has 1 atom stereocenters. The second-order valence-corrected chi connectivity index (χ2v) is 8.46. The van der Waals surface area contributed by atoms with E-state index in [-0.39, 0.29) is 18.3 Å². The lowest BCUT2D eigenvalue weighted by Gasteiger charge is -2.31. The Hall–Kier alpha value is -1.47. The average Bonchev–Trinajstić information content (AvgIpc) is 3.27. The fourth-order valence-electron chi connectivity index (χ4n) is 3.16. The molecule has 1 unspecified atom stereocenters. The van der Waals surface area contributed by atoms with Crippen molar-refractivity contribution in [3.05, 3.63) is 53.1 Å². The number of amides is 1. The van der Waals surface area contributed by atoms with Crippen molar-refractivity contribution in [2.45, 2.75) is 22.9 Å². The molecule has 4 rings (SSSR count). The number of hydrogen-bond donors (Lipinski definition) is 1. The van der Waals surface area contributed by atoms with Crippen molar-refractivity contribution >= 4 is 52.4 Å². The van der Waals surface area contributed by atoms with Crippen molar-refractivity contribution in [3.8, 4) is 0 Å². The zero-order valence-corrected chi connectivity index (χ0v) is 16.9. The maximum atomic E-state index is 13.1. The first kappa shape index (κ1) is 19.3. The van der Waals surface area contributed by atoms with Crippen LogP contribution in [0.4, 0.5) is 0 Å². The molecule has 0 radical (unpaired) electrons. The highest BCUT2D eigenvalue weighted by Crippen LogP contribution is 2.34. The number of carbonyl (C=O) groups excluding carboxylic acids is 1. The summed E-state index contributed by atoms with van der Waals surface area (Å²) in [6.07, 6.45) is 0. The predicted octanol–water partition coefficient (Wildman–Crippen LogP) is 4.64. The average molecular weight is 409 g/mol. The van der Waals surface area contributed by atoms with Crippen LogP contribution >= 0.6 is 35.5 Å². The number of carbonyl (C=O) groups is 1. The molecule has 1 aliphatic rings. The summed E-state index contributed by atoms with van der Waals surface area (Å²) in [7, 11) is 0. The molecule has 3 aromatic rings. The number of nitrogens with one attached hydrogen (secondary N) is 1. The monoisotopic (exact) mass is 408 g/mol. The van der Waals surface area contributed by atoms with E-state index in [0.717, 1.165) is 35.4 Å². The fraction of sp³-hybridized carbons (Fsp3) is 0.316. The highest BCUT2D eigenvalue weighted by atomic mass is 35.5. The number of thiophene rings is 1. The SMILES string of the molecule is CC1CN(C(=O)c2oc3ccccc3c2CSc2cccs2)CCN1.Cl. The maximum absolute atomic E-state index is 13.1. The van der Waals surface area contributed by atoms with Gasteiger partial charge in [-0.05, 0) is 24.4 Å². The van der Waals surface area contributed by atoms with Gasteiger partial charge in [-0.1, -0.05) is 24.3 Å². The molecule has 1 N–H and O–H groups in total. The Labute approximate surface area is 167 Å². The summed E-state index contributed by atoms with van der Waals surface area (Å²) in [5.74, 6) is 1.24. The molecule has 1 aromatic carbocycles. The minimum Gasteiger partial charge on any atom is -0.451 e. The largest absolute Gasteiger partial charge is 0.451 e. The summed E-state index contributed by atoms with van der Waals surface area (Å²) in [4.78, 5) is 15.0. The lowest BCUT2D eigenvalue weighted by Crippen LogP contribution is -2.51. The highest BCUT2D eigenvalue weighted by molar-refractivity contribution is 8.00. The third kappa shape index (κ3) is 3.93. The van der Waals surface area contributed by atoms with Crippen LogP contribution in [0.2, 0.25) is 0 Å². The molecule has 0 saturated carbocycles. The second kappa shape index (κ2) is 8.48. The zero-order chi connectivity index (χ0) is 17.2. The third-order valence-corrected chi connectivity index (χ3v) is 6.56. The first-order valence-corrected chi connectivity index (χ1v) is 10.3. The summed E-state index contributed by atoms with van der Waals surface area (Å²) >= 11 is 3.48. The zero-order valence-electron chi connectivity index (χ0n) is 14.4. The molecule has 0 aliphatic carbocycles. The van der Waals surface area contributed by atoms with Crippen molar-refractivity contribution in [2.75, 3.05) is 19.6 Å². The van der Waals surface area contributed by atoms with E-state index in [1.54, 1.807) is 23.1 Å². The summed E-state index contributed by atoms with van der Waals surface area (Å²) in [6, 6.07) is 12.4. The van der Waals surface area contributed by atoms with Crippen molar-refractivity contribution in [1.82, 2.24) is 10.2 Å². The number of thioether (sulfide) groups is 1. The Kier molecular flexibility index (Phi) is 6.29. The third-order valence-electron chi connectivity index (χ3n) is 4.40. The molecular formula is C19H21ClN2O2S2. The van der Waals surface area contributed by atoms with E-state index in [1.165, 1.54) is 4.21 Å². The molecule has 4 nitrogen and oxygen atoms in total. The van der Waals surface area contributed by atoms with Gasteiger partial charge in [-0.3, -0.25) is 4.79 Å². The summed E-state index contributed by atoms with van der Waals surface area (Å²) in [6.45, 7) is 4.36. The van der Waals surface area contributed by atoms with Crippen molar-refractivity contribution in [1.29, 1.82) is 0 Å². The molecular weight excluding hydrogens is 388 g/mol. The first-order chi connectivity index (χ1) is 12.2. The van der Waals surface area contributed by atoms with Gasteiger partial charge in [0.1, 0.15) is 5.58 Å². The highest BCUT2D eigenvalue weighted by Gasteiger charge is 2.27. The number of rotatable bonds is 4. The normalized spacial score (nSPS) is 17.3. The number of furan rings is 1. The van der Waals surface area contributed by atoms with Crippen LogP contribution < -0.4 is 5.32 Å². The molecule has 138 valence electrons. The van der Waals surface area contributed by atoms with Gasteiger partial charge in [0.2, 0.25) is 0 Å². The number of piperazine rings is 1. The smallest absolute Gasteiger partial charge is 0.290 e. The van der Waals surface area contributed by atoms with Gasteiger partial charge in [0.15, 0.2) is 5.76 Å². The van der Waals surface area contributed by atoms with Crippen LogP contribution in [0.5, 0.6) is 0 Å². The van der Waals surface area contributed by atoms with E-state index in [4.69, 9.17) is 4.42 Å². The van der Waals surface area contributed by atoms with Crippen LogP contribution in [0.3, 0.4) is 0 Å². The van der Waals surface area contributed by atoms with Crippen molar-refractivity contribution in [3.63, 3.8) is 0 Å². The van der Waals surface area contributed by atoms with Gasteiger partial charge in [0.25, 0.3) is 5.91 Å². The number of nitrogens with zero attached hydrogens (tertiary/aromatic N) is 1. The summed E-state index contributed by atoms with van der Waals surface area (Å²) in [5.41, 5.74) is 1.79. The first-order valence-electron chi connectivity index (χ1n) is 8.42. The Morgan fingerprint density at radius 1 is 1.35 bits per heavy atom. The number of para-hydroxylation sites is 1. The minimum absolute atomic E-state index is 0. The summed E-state index contributed by atoms with van der Waals surface area (Å²) < 4.78 is 7.25. The van der Waals surface area contributed by atoms with Crippen LogP contribution in [-0.4, -0.2) is 36.5 Å². The van der Waals surface area contributed by atoms with Crippen LogP contribution in [0.25, 0.3) is 11.0 Å². The minimum atomic E-state index is 0. The van der Waals surface area contributed by atoms with Gasteiger partial charge >= 0.3 is 0 Å². The molecule has 1 amide bonds. The lowest BCUT2D eigenvalue weighted by atomic mass is 10.1. The molecule has 7 heteroatoms. The predicted molar refractivity (Wildman–Crippen MR) is 111 cm³/mol. The van der Waals surface area contributed by atoms with Crippen molar-refractivity contribution < 1.29 is 9.21 Å². The standard InChI is InChI=1S/C19H20N2O2S2.ClH/c1-13-11-21(9-8-20-13)19(22)18-15(12-25-17-7-4-10-24-17)14-5-2-3-6-16(14)23-18;/h2-7,10,13,20H,8-9,11-12H2,1H3;1H. The van der Waals surface area contributed by atoms with Gasteiger partial charge in [0.05, 0.1) is 4.21 Å². The van der Waals surface area contributed by atoms with Crippen LogP contribution in [-0.2, 0) is 5.75 Å². The number of hydrogen-bond acceptors (Lipinski definition) is 5. The van der Waals surface area contributed by atoms with E-state index in [0.29, 0.717) is 18.3 Å².